The number of aromatic nitrogens is 2. The van der Waals surface area contributed by atoms with Crippen LogP contribution in [0.4, 0.5) is 0 Å². The molecule has 3 rings (SSSR count). The van der Waals surface area contributed by atoms with Crippen molar-refractivity contribution in [2.45, 2.75) is 66.0 Å². The number of rotatable bonds is 5. The number of aromatic amines is 1. The predicted molar refractivity (Wildman–Crippen MR) is 103 cm³/mol. The largest absolute Gasteiger partial charge is 0.494 e. The van der Waals surface area contributed by atoms with E-state index in [4.69, 9.17) is 17.2 Å². The molecule has 2 bridgehead atoms. The van der Waals surface area contributed by atoms with Gasteiger partial charge in [-0.1, -0.05) is 20.3 Å². The van der Waals surface area contributed by atoms with Crippen molar-refractivity contribution in [3.05, 3.63) is 20.7 Å². The normalized spacial score (nSPS) is 27.2. The van der Waals surface area contributed by atoms with E-state index in [1.165, 1.54) is 25.7 Å². The molecule has 0 spiro atoms. The van der Waals surface area contributed by atoms with Gasteiger partial charge in [-0.05, 0) is 69.0 Å². The lowest BCUT2D eigenvalue weighted by Gasteiger charge is -2.25. The number of nitrogens with one attached hydrogen (secondary N) is 1. The van der Waals surface area contributed by atoms with Crippen molar-refractivity contribution >= 4 is 17.9 Å². The molecule has 0 amide bonds. The lowest BCUT2D eigenvalue weighted by Crippen LogP contribution is -2.26. The van der Waals surface area contributed by atoms with Crippen LogP contribution >= 0.6 is 12.2 Å². The van der Waals surface area contributed by atoms with Crippen LogP contribution in [0.3, 0.4) is 0 Å². The molecule has 0 radical (unpaired) electrons. The summed E-state index contributed by atoms with van der Waals surface area (Å²) in [7, 11) is 0. The molecule has 138 valence electrons. The first-order valence-electron chi connectivity index (χ1n) is 9.38. The van der Waals surface area contributed by atoms with Gasteiger partial charge in [0, 0.05) is 6.54 Å². The third-order valence-electron chi connectivity index (χ3n) is 5.89. The van der Waals surface area contributed by atoms with Crippen LogP contribution < -0.4 is 5.56 Å². The van der Waals surface area contributed by atoms with E-state index in [1.54, 1.807) is 4.57 Å². The van der Waals surface area contributed by atoms with Crippen LogP contribution in [-0.4, -0.2) is 26.4 Å². The Kier molecular flexibility index (Phi) is 5.19. The number of nitrogens with zero attached hydrogens (tertiary/aromatic N) is 2. The zero-order chi connectivity index (χ0) is 18.3. The molecule has 0 aliphatic heterocycles. The Morgan fingerprint density at radius 2 is 2.08 bits per heavy atom. The third kappa shape index (κ3) is 3.59. The maximum absolute atomic E-state index is 12.4. The Morgan fingerprint density at radius 3 is 2.64 bits per heavy atom. The van der Waals surface area contributed by atoms with Gasteiger partial charge in [-0.3, -0.25) is 19.3 Å². The fraction of sp³-hybridized carbons (Fsp3) is 0.737. The molecule has 5 nitrogen and oxygen atoms in total. The molecule has 0 aromatic carbocycles. The molecule has 1 aromatic rings. The van der Waals surface area contributed by atoms with Crippen molar-refractivity contribution in [1.82, 2.24) is 9.55 Å². The van der Waals surface area contributed by atoms with Crippen LogP contribution in [-0.2, 0) is 6.54 Å². The molecule has 25 heavy (non-hydrogen) atoms. The van der Waals surface area contributed by atoms with Gasteiger partial charge in [0.2, 0.25) is 5.88 Å². The van der Waals surface area contributed by atoms with Crippen LogP contribution in [0.25, 0.3) is 0 Å². The quantitative estimate of drug-likeness (QED) is 0.616. The molecule has 1 aromatic heterocycles. The van der Waals surface area contributed by atoms with E-state index in [1.807, 2.05) is 20.8 Å². The van der Waals surface area contributed by atoms with Gasteiger partial charge in [0.25, 0.3) is 5.56 Å². The highest BCUT2D eigenvalue weighted by molar-refractivity contribution is 7.71. The molecule has 1 heterocycles. The van der Waals surface area contributed by atoms with Crippen molar-refractivity contribution < 1.29 is 5.11 Å². The van der Waals surface area contributed by atoms with Gasteiger partial charge >= 0.3 is 0 Å². The van der Waals surface area contributed by atoms with Crippen molar-refractivity contribution in [3.8, 4) is 5.88 Å². The third-order valence-corrected chi connectivity index (χ3v) is 6.21. The van der Waals surface area contributed by atoms with Gasteiger partial charge < -0.3 is 5.11 Å². The molecule has 4 unspecified atom stereocenters. The van der Waals surface area contributed by atoms with Crippen molar-refractivity contribution in [3.63, 3.8) is 0 Å². The molecular formula is C19H29N3O2S. The van der Waals surface area contributed by atoms with Crippen LogP contribution in [0.15, 0.2) is 9.79 Å². The summed E-state index contributed by atoms with van der Waals surface area (Å²) in [4.78, 5) is 19.9. The maximum atomic E-state index is 12.4. The minimum atomic E-state index is -0.358. The first kappa shape index (κ1) is 18.4. The van der Waals surface area contributed by atoms with E-state index in [-0.39, 0.29) is 27.8 Å². The van der Waals surface area contributed by atoms with Gasteiger partial charge in [0.1, 0.15) is 5.56 Å². The van der Waals surface area contributed by atoms with Crippen molar-refractivity contribution in [2.75, 3.05) is 0 Å². The Morgan fingerprint density at radius 1 is 1.36 bits per heavy atom. The fourth-order valence-corrected chi connectivity index (χ4v) is 5.02. The van der Waals surface area contributed by atoms with E-state index in [9.17, 15) is 9.90 Å². The van der Waals surface area contributed by atoms with Gasteiger partial charge in [-0.15, -0.1) is 0 Å². The molecule has 0 saturated heterocycles. The lowest BCUT2D eigenvalue weighted by atomic mass is 9.84. The highest BCUT2D eigenvalue weighted by Crippen LogP contribution is 2.50. The van der Waals surface area contributed by atoms with Crippen LogP contribution in [0.1, 0.15) is 58.9 Å². The molecule has 4 atom stereocenters. The molecular weight excluding hydrogens is 334 g/mol. The number of H-pyrrole nitrogens is 1. The topological polar surface area (TPSA) is 70.4 Å². The highest BCUT2D eigenvalue weighted by Gasteiger charge is 2.41. The number of aliphatic imine (C=N–C) groups is 1. The smallest absolute Gasteiger partial charge is 0.264 e. The van der Waals surface area contributed by atoms with Crippen LogP contribution in [0.2, 0.25) is 0 Å². The summed E-state index contributed by atoms with van der Waals surface area (Å²) in [5.74, 6) is 2.50. The second-order valence-electron chi connectivity index (χ2n) is 8.26. The Balaban J connectivity index is 1.92. The van der Waals surface area contributed by atoms with E-state index in [2.05, 4.69) is 11.9 Å². The average Bonchev–Trinajstić information content (AvgIpc) is 3.13. The molecule has 2 aliphatic carbocycles. The second kappa shape index (κ2) is 7.06. The molecule has 2 saturated carbocycles. The number of hydrogen-bond acceptors (Lipinski definition) is 4. The van der Waals surface area contributed by atoms with Gasteiger partial charge in [-0.25, -0.2) is 0 Å². The first-order valence-corrected chi connectivity index (χ1v) is 9.79. The summed E-state index contributed by atoms with van der Waals surface area (Å²) in [6.07, 6.45) is 5.28. The van der Waals surface area contributed by atoms with E-state index in [0.29, 0.717) is 24.1 Å². The average molecular weight is 364 g/mol. The molecule has 2 N–H and O–H groups in total. The summed E-state index contributed by atoms with van der Waals surface area (Å²) in [6.45, 7) is 8.61. The summed E-state index contributed by atoms with van der Waals surface area (Å²) < 4.78 is 1.85. The van der Waals surface area contributed by atoms with Gasteiger partial charge in [-0.2, -0.15) is 0 Å². The predicted octanol–water partition coefficient (Wildman–Crippen LogP) is 3.90. The lowest BCUT2D eigenvalue weighted by molar-refractivity contribution is 0.294. The number of aromatic hydroxyl groups is 1. The van der Waals surface area contributed by atoms with Crippen molar-refractivity contribution in [1.29, 1.82) is 0 Å². The Bertz CT molecular complexity index is 793. The summed E-state index contributed by atoms with van der Waals surface area (Å²) in [6, 6.07) is 0.177. The Labute approximate surface area is 154 Å². The minimum absolute atomic E-state index is 0.0659. The van der Waals surface area contributed by atoms with Gasteiger partial charge in [0.15, 0.2) is 4.77 Å². The first-order chi connectivity index (χ1) is 11.8. The second-order valence-corrected chi connectivity index (χ2v) is 8.64. The van der Waals surface area contributed by atoms with Crippen molar-refractivity contribution in [2.24, 2.45) is 28.7 Å². The number of fused-ring (bicyclic) bond motifs is 2. The monoisotopic (exact) mass is 363 g/mol. The fourth-order valence-electron chi connectivity index (χ4n) is 4.77. The van der Waals surface area contributed by atoms with E-state index < -0.39 is 0 Å². The number of hydrogen-bond donors (Lipinski definition) is 2. The summed E-state index contributed by atoms with van der Waals surface area (Å²) in [5.41, 5.74) is 0.495. The molecule has 2 aliphatic rings. The van der Waals surface area contributed by atoms with E-state index in [0.717, 1.165) is 11.8 Å². The zero-order valence-electron chi connectivity index (χ0n) is 15.6. The zero-order valence-corrected chi connectivity index (χ0v) is 16.4. The Hall–Kier alpha value is -1.43. The maximum Gasteiger partial charge on any atom is 0.264 e. The SMILES string of the molecule is CC(=NC(C)C1CC2CCC1C2)c1c(O)n(CC(C)C)c(=S)[nH]c1=O. The highest BCUT2D eigenvalue weighted by atomic mass is 32.1. The summed E-state index contributed by atoms with van der Waals surface area (Å²) in [5, 5.41) is 10.6. The van der Waals surface area contributed by atoms with Gasteiger partial charge in [0.05, 0.1) is 11.8 Å². The standard InChI is InChI=1S/C19H29N3O2S/c1-10(2)9-22-18(24)16(17(23)21-19(22)25)12(4)20-11(3)15-8-13-5-6-14(15)7-13/h10-11,13-15,24H,5-9H2,1-4H3,(H,21,23,25). The summed E-state index contributed by atoms with van der Waals surface area (Å²) >= 11 is 5.21. The van der Waals surface area contributed by atoms with Crippen LogP contribution in [0.5, 0.6) is 5.88 Å². The molecule has 6 heteroatoms. The minimum Gasteiger partial charge on any atom is -0.494 e. The molecule has 2 fully saturated rings. The van der Waals surface area contributed by atoms with E-state index >= 15 is 0 Å². The van der Waals surface area contributed by atoms with Crippen LogP contribution in [0, 0.1) is 28.4 Å².